The van der Waals surface area contributed by atoms with E-state index in [4.69, 9.17) is 0 Å². The van der Waals surface area contributed by atoms with E-state index in [2.05, 4.69) is 72.5 Å². The van der Waals surface area contributed by atoms with Crippen molar-refractivity contribution in [2.45, 2.75) is 71.1 Å². The zero-order valence-corrected chi connectivity index (χ0v) is 16.5. The molecule has 0 atom stereocenters. The van der Waals surface area contributed by atoms with Gasteiger partial charge in [-0.15, -0.1) is 0 Å². The average Bonchev–Trinajstić information content (AvgIpc) is 3.02. The Morgan fingerprint density at radius 3 is 1.88 bits per heavy atom. The molecule has 2 nitrogen and oxygen atoms in total. The van der Waals surface area contributed by atoms with Crippen molar-refractivity contribution in [1.82, 2.24) is 4.90 Å². The van der Waals surface area contributed by atoms with Crippen LogP contribution in [0.5, 0.6) is 0 Å². The number of allylic oxidation sites excluding steroid dienone is 8. The van der Waals surface area contributed by atoms with Gasteiger partial charge in [-0.05, 0) is 44.9 Å². The molecule has 1 heterocycles. The lowest BCUT2D eigenvalue weighted by Gasteiger charge is -2.12. The van der Waals surface area contributed by atoms with Crippen molar-refractivity contribution in [1.29, 1.82) is 0 Å². The minimum absolute atomic E-state index is 0.982. The third-order valence-corrected chi connectivity index (χ3v) is 4.40. The summed E-state index contributed by atoms with van der Waals surface area (Å²) in [6.45, 7) is 4.33. The SMILES string of the molecule is CCCCC/C=C/C/C=C/C/C=C/C/C=C/CCCC1=NCCN1C. The Kier molecular flexibility index (Phi) is 13.7. The molecule has 1 aliphatic heterocycles. The van der Waals surface area contributed by atoms with E-state index < -0.39 is 0 Å². The number of aliphatic imine (C=N–C) groups is 1. The lowest BCUT2D eigenvalue weighted by atomic mass is 10.2. The normalized spacial score (nSPS) is 15.6. The Hall–Kier alpha value is -1.57. The predicted molar refractivity (Wildman–Crippen MR) is 113 cm³/mol. The van der Waals surface area contributed by atoms with Gasteiger partial charge in [-0.25, -0.2) is 0 Å². The smallest absolute Gasteiger partial charge is 0.0987 e. The fourth-order valence-corrected chi connectivity index (χ4v) is 2.79. The summed E-state index contributed by atoms with van der Waals surface area (Å²) in [5.74, 6) is 1.29. The zero-order valence-electron chi connectivity index (χ0n) is 16.5. The van der Waals surface area contributed by atoms with Crippen molar-refractivity contribution in [3.63, 3.8) is 0 Å². The number of hydrogen-bond donors (Lipinski definition) is 0. The van der Waals surface area contributed by atoms with Crippen LogP contribution in [0.3, 0.4) is 0 Å². The van der Waals surface area contributed by atoms with Crippen LogP contribution in [0.4, 0.5) is 0 Å². The van der Waals surface area contributed by atoms with Crippen molar-refractivity contribution in [2.24, 2.45) is 4.99 Å². The second-order valence-electron chi connectivity index (χ2n) is 6.70. The molecule has 0 bridgehead atoms. The maximum atomic E-state index is 4.52. The molecule has 1 aliphatic rings. The van der Waals surface area contributed by atoms with Crippen LogP contribution in [0, 0.1) is 0 Å². The van der Waals surface area contributed by atoms with Crippen molar-refractivity contribution in [3.05, 3.63) is 48.6 Å². The van der Waals surface area contributed by atoms with Gasteiger partial charge in [-0.3, -0.25) is 4.99 Å². The molecule has 2 heteroatoms. The topological polar surface area (TPSA) is 15.6 Å². The van der Waals surface area contributed by atoms with Gasteiger partial charge in [0.1, 0.15) is 0 Å². The van der Waals surface area contributed by atoms with Crippen molar-refractivity contribution in [2.75, 3.05) is 20.1 Å². The molecule has 0 N–H and O–H groups in total. The first kappa shape index (κ1) is 21.5. The molecular formula is C23H38N2. The van der Waals surface area contributed by atoms with Gasteiger partial charge in [0.2, 0.25) is 0 Å². The largest absolute Gasteiger partial charge is 0.362 e. The minimum Gasteiger partial charge on any atom is -0.362 e. The molecule has 0 aromatic heterocycles. The third kappa shape index (κ3) is 12.4. The standard InChI is InChI=1S/C23H38N2/c1-3-4-5-6-7-8-9-10-11-12-13-14-15-16-17-18-19-20-23-24-21-22-25(23)2/h7-8,10-11,13-14,16-17H,3-6,9,12,15,18-22H2,1-2H3/b8-7+,11-10+,14-13+,17-16+. The fraction of sp³-hybridized carbons (Fsp3) is 0.609. The summed E-state index contributed by atoms with van der Waals surface area (Å²) in [6, 6.07) is 0. The fourth-order valence-electron chi connectivity index (χ4n) is 2.79. The maximum Gasteiger partial charge on any atom is 0.0987 e. The zero-order chi connectivity index (χ0) is 18.0. The van der Waals surface area contributed by atoms with E-state index >= 15 is 0 Å². The summed E-state index contributed by atoms with van der Waals surface area (Å²) >= 11 is 0. The van der Waals surface area contributed by atoms with Crippen molar-refractivity contribution >= 4 is 5.84 Å². The van der Waals surface area contributed by atoms with E-state index in [1.54, 1.807) is 0 Å². The number of rotatable bonds is 14. The van der Waals surface area contributed by atoms with E-state index in [0.717, 1.165) is 45.2 Å². The summed E-state index contributed by atoms with van der Waals surface area (Å²) in [5.41, 5.74) is 0. The molecule has 0 aromatic rings. The summed E-state index contributed by atoms with van der Waals surface area (Å²) in [6.07, 6.45) is 30.1. The summed E-state index contributed by atoms with van der Waals surface area (Å²) in [4.78, 5) is 6.80. The first-order valence-corrected chi connectivity index (χ1v) is 10.2. The second kappa shape index (κ2) is 15.9. The number of unbranched alkanes of at least 4 members (excludes halogenated alkanes) is 4. The molecule has 0 amide bonds. The van der Waals surface area contributed by atoms with E-state index in [-0.39, 0.29) is 0 Å². The Bertz CT molecular complexity index is 455. The number of nitrogens with zero attached hydrogens (tertiary/aromatic N) is 2. The second-order valence-corrected chi connectivity index (χ2v) is 6.70. The molecule has 0 spiro atoms. The highest BCUT2D eigenvalue weighted by Crippen LogP contribution is 2.07. The van der Waals surface area contributed by atoms with Crippen molar-refractivity contribution < 1.29 is 0 Å². The molecule has 0 saturated carbocycles. The monoisotopic (exact) mass is 342 g/mol. The Balaban J connectivity index is 1.91. The molecule has 0 fully saturated rings. The van der Waals surface area contributed by atoms with E-state index in [9.17, 15) is 0 Å². The molecule has 0 unspecified atom stereocenters. The number of amidine groups is 1. The molecule has 25 heavy (non-hydrogen) atoms. The van der Waals surface area contributed by atoms with Gasteiger partial charge >= 0.3 is 0 Å². The van der Waals surface area contributed by atoms with Crippen LogP contribution in [0.2, 0.25) is 0 Å². The lowest BCUT2D eigenvalue weighted by molar-refractivity contribution is 0.542. The maximum absolute atomic E-state index is 4.52. The molecule has 0 saturated heterocycles. The van der Waals surface area contributed by atoms with E-state index in [1.165, 1.54) is 37.9 Å². The van der Waals surface area contributed by atoms with Gasteiger partial charge in [-0.2, -0.15) is 0 Å². The summed E-state index contributed by atoms with van der Waals surface area (Å²) in [5, 5.41) is 0. The van der Waals surface area contributed by atoms with Crippen molar-refractivity contribution in [3.8, 4) is 0 Å². The summed E-state index contributed by atoms with van der Waals surface area (Å²) < 4.78 is 0. The highest BCUT2D eigenvalue weighted by Gasteiger charge is 2.10. The molecule has 0 aliphatic carbocycles. The lowest BCUT2D eigenvalue weighted by Crippen LogP contribution is -2.22. The van der Waals surface area contributed by atoms with Gasteiger partial charge in [0.05, 0.1) is 12.4 Å². The summed E-state index contributed by atoms with van der Waals surface area (Å²) in [7, 11) is 2.14. The van der Waals surface area contributed by atoms with Crippen LogP contribution in [-0.4, -0.2) is 30.9 Å². The quantitative estimate of drug-likeness (QED) is 0.261. The van der Waals surface area contributed by atoms with Gasteiger partial charge in [-0.1, -0.05) is 68.4 Å². The van der Waals surface area contributed by atoms with Crippen LogP contribution in [-0.2, 0) is 0 Å². The number of hydrogen-bond acceptors (Lipinski definition) is 2. The molecule has 0 radical (unpaired) electrons. The highest BCUT2D eigenvalue weighted by molar-refractivity contribution is 5.83. The Morgan fingerprint density at radius 1 is 0.800 bits per heavy atom. The minimum atomic E-state index is 0.982. The van der Waals surface area contributed by atoms with Crippen LogP contribution in [0.15, 0.2) is 53.6 Å². The van der Waals surface area contributed by atoms with E-state index in [0.29, 0.717) is 0 Å². The predicted octanol–water partition coefficient (Wildman–Crippen LogP) is 6.48. The van der Waals surface area contributed by atoms with Crippen LogP contribution < -0.4 is 0 Å². The van der Waals surface area contributed by atoms with Crippen LogP contribution in [0.1, 0.15) is 71.1 Å². The molecular weight excluding hydrogens is 304 g/mol. The van der Waals surface area contributed by atoms with Gasteiger partial charge < -0.3 is 4.90 Å². The van der Waals surface area contributed by atoms with E-state index in [1.807, 2.05) is 0 Å². The molecule has 140 valence electrons. The van der Waals surface area contributed by atoms with Gasteiger partial charge in [0, 0.05) is 20.0 Å². The highest BCUT2D eigenvalue weighted by atomic mass is 15.2. The van der Waals surface area contributed by atoms with Gasteiger partial charge in [0.15, 0.2) is 0 Å². The first-order valence-electron chi connectivity index (χ1n) is 10.2. The van der Waals surface area contributed by atoms with Gasteiger partial charge in [0.25, 0.3) is 0 Å². The van der Waals surface area contributed by atoms with Crippen LogP contribution in [0.25, 0.3) is 0 Å². The number of likely N-dealkylation sites (N-methyl/N-ethyl adjacent to an activating group) is 1. The average molecular weight is 343 g/mol. The Labute approximate surface area is 156 Å². The van der Waals surface area contributed by atoms with Crippen LogP contribution >= 0.6 is 0 Å². The third-order valence-electron chi connectivity index (χ3n) is 4.40. The first-order chi connectivity index (χ1) is 12.3. The molecule has 1 rings (SSSR count). The Morgan fingerprint density at radius 2 is 1.36 bits per heavy atom. The molecule has 0 aromatic carbocycles.